The smallest absolute Gasteiger partial charge is 0.235 e. The van der Waals surface area contributed by atoms with Crippen LogP contribution in [0.3, 0.4) is 0 Å². The Morgan fingerprint density at radius 1 is 1.22 bits per heavy atom. The zero-order valence-corrected chi connectivity index (χ0v) is 12.0. The third kappa shape index (κ3) is 8.40. The molecule has 8 heteroatoms. The first-order valence-corrected chi connectivity index (χ1v) is 7.46. The van der Waals surface area contributed by atoms with E-state index in [4.69, 9.17) is 9.47 Å². The van der Waals surface area contributed by atoms with Crippen molar-refractivity contribution in [2.45, 2.75) is 6.42 Å². The fourth-order valence-electron chi connectivity index (χ4n) is 1.26. The van der Waals surface area contributed by atoms with Gasteiger partial charge in [0, 0.05) is 33.9 Å². The highest BCUT2D eigenvalue weighted by molar-refractivity contribution is 7.88. The van der Waals surface area contributed by atoms with Crippen LogP contribution in [0.4, 0.5) is 0 Å². The van der Waals surface area contributed by atoms with Crippen LogP contribution in [0.5, 0.6) is 0 Å². The van der Waals surface area contributed by atoms with Gasteiger partial charge in [0.05, 0.1) is 19.4 Å². The van der Waals surface area contributed by atoms with Crippen LogP contribution in [0.2, 0.25) is 0 Å². The number of ether oxygens (including phenoxy) is 2. The van der Waals surface area contributed by atoms with E-state index >= 15 is 0 Å². The summed E-state index contributed by atoms with van der Waals surface area (Å²) in [6, 6.07) is 0. The molecule has 0 saturated heterocycles. The summed E-state index contributed by atoms with van der Waals surface area (Å²) in [6.07, 6.45) is 1.64. The van der Waals surface area contributed by atoms with Crippen molar-refractivity contribution in [1.82, 2.24) is 9.62 Å². The lowest BCUT2D eigenvalue weighted by atomic mass is 10.4. The zero-order chi connectivity index (χ0) is 14.0. The minimum Gasteiger partial charge on any atom is -0.385 e. The Morgan fingerprint density at radius 3 is 2.33 bits per heavy atom. The van der Waals surface area contributed by atoms with Crippen molar-refractivity contribution in [2.75, 3.05) is 53.3 Å². The molecule has 0 aromatic carbocycles. The minimum atomic E-state index is -3.39. The molecule has 0 bridgehead atoms. The number of amides is 1. The zero-order valence-electron chi connectivity index (χ0n) is 11.1. The molecule has 0 aromatic rings. The molecule has 0 atom stereocenters. The summed E-state index contributed by atoms with van der Waals surface area (Å²) in [5.74, 6) is -0.338. The van der Waals surface area contributed by atoms with Gasteiger partial charge in [0.1, 0.15) is 0 Å². The maximum atomic E-state index is 11.5. The number of nitrogens with zero attached hydrogens (tertiary/aromatic N) is 1. The Bertz CT molecular complexity index is 331. The van der Waals surface area contributed by atoms with Gasteiger partial charge < -0.3 is 14.8 Å². The van der Waals surface area contributed by atoms with Gasteiger partial charge in [0.15, 0.2) is 0 Å². The third-order valence-corrected chi connectivity index (χ3v) is 3.42. The molecule has 0 unspecified atom stereocenters. The predicted octanol–water partition coefficient (Wildman–Crippen LogP) is -0.953. The summed E-state index contributed by atoms with van der Waals surface area (Å²) in [4.78, 5) is 11.5. The van der Waals surface area contributed by atoms with Crippen LogP contribution in [0, 0.1) is 0 Å². The molecule has 0 radical (unpaired) electrons. The summed E-state index contributed by atoms with van der Waals surface area (Å²) in [7, 11) is -0.314. The van der Waals surface area contributed by atoms with Crippen molar-refractivity contribution in [1.29, 1.82) is 0 Å². The summed E-state index contributed by atoms with van der Waals surface area (Å²) in [6.45, 7) is 1.31. The van der Waals surface area contributed by atoms with E-state index in [2.05, 4.69) is 5.32 Å². The van der Waals surface area contributed by atoms with Gasteiger partial charge in [-0.3, -0.25) is 4.79 Å². The van der Waals surface area contributed by atoms with E-state index < -0.39 is 10.0 Å². The quantitative estimate of drug-likeness (QED) is 0.522. The molecule has 0 aliphatic carbocycles. The molecule has 0 aromatic heterocycles. The number of methoxy groups -OCH3 is 2. The number of nitrogens with one attached hydrogen (secondary N) is 1. The lowest BCUT2D eigenvalue weighted by Crippen LogP contribution is -2.41. The fraction of sp³-hybridized carbons (Fsp3) is 0.900. The second-order valence-electron chi connectivity index (χ2n) is 3.79. The lowest BCUT2D eigenvalue weighted by molar-refractivity contribution is -0.121. The van der Waals surface area contributed by atoms with Crippen molar-refractivity contribution >= 4 is 15.9 Å². The number of hydrogen-bond acceptors (Lipinski definition) is 5. The Balaban J connectivity index is 4.19. The Hall–Kier alpha value is -0.700. The molecular weight excluding hydrogens is 260 g/mol. The lowest BCUT2D eigenvalue weighted by Gasteiger charge is -2.19. The second-order valence-corrected chi connectivity index (χ2v) is 5.77. The predicted molar refractivity (Wildman–Crippen MR) is 67.8 cm³/mol. The first-order valence-electron chi connectivity index (χ1n) is 5.61. The van der Waals surface area contributed by atoms with E-state index in [1.165, 1.54) is 7.11 Å². The molecule has 1 N–H and O–H groups in total. The highest BCUT2D eigenvalue weighted by Crippen LogP contribution is 1.99. The SMILES string of the molecule is COCCCN(CC(=O)NCCOC)S(C)(=O)=O. The van der Waals surface area contributed by atoms with E-state index in [1.807, 2.05) is 0 Å². The van der Waals surface area contributed by atoms with Gasteiger partial charge in [0.2, 0.25) is 15.9 Å². The molecule has 108 valence electrons. The summed E-state index contributed by atoms with van der Waals surface area (Å²) in [5.41, 5.74) is 0. The van der Waals surface area contributed by atoms with Gasteiger partial charge in [-0.15, -0.1) is 0 Å². The number of carbonyl (C=O) groups is 1. The number of carbonyl (C=O) groups excluding carboxylic acids is 1. The molecule has 18 heavy (non-hydrogen) atoms. The molecule has 0 saturated carbocycles. The van der Waals surface area contributed by atoms with E-state index in [0.717, 1.165) is 10.6 Å². The number of hydrogen-bond donors (Lipinski definition) is 1. The number of rotatable bonds is 10. The van der Waals surface area contributed by atoms with E-state index in [0.29, 0.717) is 26.2 Å². The van der Waals surface area contributed by atoms with Crippen molar-refractivity contribution in [3.05, 3.63) is 0 Å². The van der Waals surface area contributed by atoms with Gasteiger partial charge >= 0.3 is 0 Å². The summed E-state index contributed by atoms with van der Waals surface area (Å²) >= 11 is 0. The maximum absolute atomic E-state index is 11.5. The average Bonchev–Trinajstić information content (AvgIpc) is 2.27. The Labute approximate surface area is 108 Å². The summed E-state index contributed by atoms with van der Waals surface area (Å²) < 4.78 is 33.7. The van der Waals surface area contributed by atoms with Gasteiger partial charge in [-0.25, -0.2) is 8.42 Å². The average molecular weight is 282 g/mol. The van der Waals surface area contributed by atoms with Gasteiger partial charge in [-0.1, -0.05) is 0 Å². The second kappa shape index (κ2) is 9.26. The van der Waals surface area contributed by atoms with Crippen LogP contribution in [0.25, 0.3) is 0 Å². The third-order valence-electron chi connectivity index (χ3n) is 2.17. The highest BCUT2D eigenvalue weighted by atomic mass is 32.2. The molecule has 0 fully saturated rings. The topological polar surface area (TPSA) is 84.9 Å². The van der Waals surface area contributed by atoms with Crippen LogP contribution in [-0.2, 0) is 24.3 Å². The van der Waals surface area contributed by atoms with Crippen molar-refractivity contribution in [3.63, 3.8) is 0 Å². The van der Waals surface area contributed by atoms with E-state index in [9.17, 15) is 13.2 Å². The first-order chi connectivity index (χ1) is 8.41. The first kappa shape index (κ1) is 17.3. The molecule has 1 amide bonds. The standard InChI is InChI=1S/C10H22N2O5S/c1-16-7-4-6-12(18(3,14)15)9-10(13)11-5-8-17-2/h4-9H2,1-3H3,(H,11,13). The normalized spacial score (nSPS) is 11.8. The monoisotopic (exact) mass is 282 g/mol. The Kier molecular flexibility index (Phi) is 8.90. The molecule has 0 aliphatic heterocycles. The van der Waals surface area contributed by atoms with Crippen LogP contribution in [0.15, 0.2) is 0 Å². The molecule has 0 rings (SSSR count). The number of sulfonamides is 1. The van der Waals surface area contributed by atoms with Crippen molar-refractivity contribution < 1.29 is 22.7 Å². The van der Waals surface area contributed by atoms with Crippen molar-refractivity contribution in [2.24, 2.45) is 0 Å². The van der Waals surface area contributed by atoms with Crippen molar-refractivity contribution in [3.8, 4) is 0 Å². The molecule has 0 heterocycles. The van der Waals surface area contributed by atoms with Crippen LogP contribution < -0.4 is 5.32 Å². The molecule has 0 aliphatic rings. The van der Waals surface area contributed by atoms with Gasteiger partial charge in [-0.2, -0.15) is 4.31 Å². The van der Waals surface area contributed by atoms with Crippen LogP contribution in [-0.4, -0.2) is 72.0 Å². The molecular formula is C10H22N2O5S. The summed E-state index contributed by atoms with van der Waals surface area (Å²) in [5, 5.41) is 2.58. The van der Waals surface area contributed by atoms with Crippen LogP contribution >= 0.6 is 0 Å². The largest absolute Gasteiger partial charge is 0.385 e. The highest BCUT2D eigenvalue weighted by Gasteiger charge is 2.19. The van der Waals surface area contributed by atoms with Gasteiger partial charge in [0.25, 0.3) is 0 Å². The maximum Gasteiger partial charge on any atom is 0.235 e. The Morgan fingerprint density at radius 2 is 1.83 bits per heavy atom. The molecule has 0 spiro atoms. The van der Waals surface area contributed by atoms with E-state index in [1.54, 1.807) is 7.11 Å². The van der Waals surface area contributed by atoms with E-state index in [-0.39, 0.29) is 19.0 Å². The van der Waals surface area contributed by atoms with Crippen LogP contribution in [0.1, 0.15) is 6.42 Å². The molecule has 7 nitrogen and oxygen atoms in total. The fourth-order valence-corrected chi connectivity index (χ4v) is 2.07. The van der Waals surface area contributed by atoms with Gasteiger partial charge in [-0.05, 0) is 6.42 Å². The minimum absolute atomic E-state index is 0.174.